The van der Waals surface area contributed by atoms with E-state index in [1.54, 1.807) is 0 Å². The molecule has 1 saturated heterocycles. The topological polar surface area (TPSA) is 76.5 Å². The molecule has 0 aliphatic carbocycles. The number of anilines is 1. The first-order chi connectivity index (χ1) is 9.04. The van der Waals surface area contributed by atoms with E-state index in [4.69, 9.17) is 11.6 Å². The molecule has 0 bridgehead atoms. The summed E-state index contributed by atoms with van der Waals surface area (Å²) >= 11 is 6.06. The maximum absolute atomic E-state index is 12.0. The lowest BCUT2D eigenvalue weighted by Crippen LogP contribution is -2.56. The Morgan fingerprint density at radius 2 is 2.37 bits per heavy atom. The third-order valence-corrected chi connectivity index (χ3v) is 3.52. The van der Waals surface area contributed by atoms with Gasteiger partial charge in [-0.1, -0.05) is 11.6 Å². The van der Waals surface area contributed by atoms with Gasteiger partial charge in [0.25, 0.3) is 5.56 Å². The van der Waals surface area contributed by atoms with Crippen LogP contribution < -0.4 is 15.8 Å². The van der Waals surface area contributed by atoms with Gasteiger partial charge in [-0.25, -0.2) is 4.68 Å². The second-order valence-electron chi connectivity index (χ2n) is 4.31. The standard InChI is InChI=1S/C11H15ClN4O3/c1-15(7-3-13-4-7)8-5-14-16(6-9(17)19-2)11(18)10(8)12/h5,7,13H,3-4,6H2,1-2H3. The highest BCUT2D eigenvalue weighted by atomic mass is 35.5. The van der Waals surface area contributed by atoms with Crippen LogP contribution in [0.4, 0.5) is 5.69 Å². The minimum absolute atomic E-state index is 0.0632. The molecule has 0 atom stereocenters. The zero-order valence-electron chi connectivity index (χ0n) is 10.7. The first kappa shape index (κ1) is 13.8. The molecule has 0 radical (unpaired) electrons. The van der Waals surface area contributed by atoms with E-state index < -0.39 is 11.5 Å². The molecular weight excluding hydrogens is 272 g/mol. The molecule has 1 aliphatic rings. The van der Waals surface area contributed by atoms with Crippen molar-refractivity contribution in [1.82, 2.24) is 15.1 Å². The maximum atomic E-state index is 12.0. The highest BCUT2D eigenvalue weighted by Gasteiger charge is 2.25. The normalized spacial score (nSPS) is 14.9. The summed E-state index contributed by atoms with van der Waals surface area (Å²) < 4.78 is 5.48. The third-order valence-electron chi connectivity index (χ3n) is 3.16. The van der Waals surface area contributed by atoms with Crippen LogP contribution in [0.15, 0.2) is 11.0 Å². The van der Waals surface area contributed by atoms with E-state index in [1.165, 1.54) is 13.3 Å². The minimum Gasteiger partial charge on any atom is -0.468 e. The Hall–Kier alpha value is -1.60. The Labute approximate surface area is 115 Å². The zero-order chi connectivity index (χ0) is 14.0. The first-order valence-electron chi connectivity index (χ1n) is 5.80. The molecule has 8 heteroatoms. The van der Waals surface area contributed by atoms with Crippen molar-refractivity contribution >= 4 is 23.3 Å². The molecule has 7 nitrogen and oxygen atoms in total. The van der Waals surface area contributed by atoms with Gasteiger partial charge in [-0.15, -0.1) is 0 Å². The predicted octanol–water partition coefficient (Wildman–Crippen LogP) is -0.522. The molecule has 104 valence electrons. The number of hydrogen-bond acceptors (Lipinski definition) is 6. The lowest BCUT2D eigenvalue weighted by molar-refractivity contribution is -0.141. The summed E-state index contributed by atoms with van der Waals surface area (Å²) in [7, 11) is 3.11. The van der Waals surface area contributed by atoms with Crippen LogP contribution in [-0.2, 0) is 16.1 Å². The lowest BCUT2D eigenvalue weighted by atomic mass is 10.1. The number of hydrogen-bond donors (Lipinski definition) is 1. The molecule has 1 aromatic rings. The number of nitrogens with one attached hydrogen (secondary N) is 1. The fourth-order valence-electron chi connectivity index (χ4n) is 1.75. The third kappa shape index (κ3) is 2.71. The van der Waals surface area contributed by atoms with Gasteiger partial charge in [0, 0.05) is 20.1 Å². The van der Waals surface area contributed by atoms with E-state index in [1.807, 2.05) is 11.9 Å². The molecule has 0 aromatic carbocycles. The number of carbonyl (C=O) groups is 1. The molecule has 19 heavy (non-hydrogen) atoms. The summed E-state index contributed by atoms with van der Waals surface area (Å²) in [6.07, 6.45) is 1.49. The molecule has 1 N–H and O–H groups in total. The maximum Gasteiger partial charge on any atom is 0.327 e. The number of ether oxygens (including phenoxy) is 1. The van der Waals surface area contributed by atoms with Crippen LogP contribution in [0.1, 0.15) is 0 Å². The Morgan fingerprint density at radius 3 is 2.89 bits per heavy atom. The number of carbonyl (C=O) groups excluding carboxylic acids is 1. The van der Waals surface area contributed by atoms with Crippen molar-refractivity contribution < 1.29 is 9.53 Å². The van der Waals surface area contributed by atoms with Gasteiger partial charge in [0.15, 0.2) is 0 Å². The molecule has 1 aromatic heterocycles. The van der Waals surface area contributed by atoms with E-state index in [0.29, 0.717) is 11.7 Å². The van der Waals surface area contributed by atoms with E-state index >= 15 is 0 Å². The fraction of sp³-hybridized carbons (Fsp3) is 0.545. The van der Waals surface area contributed by atoms with Crippen molar-refractivity contribution in [2.24, 2.45) is 0 Å². The van der Waals surface area contributed by atoms with Gasteiger partial charge in [0.1, 0.15) is 11.6 Å². The van der Waals surface area contributed by atoms with Gasteiger partial charge in [0.2, 0.25) is 0 Å². The molecule has 1 fully saturated rings. The molecular formula is C11H15ClN4O3. The fourth-order valence-corrected chi connectivity index (χ4v) is 2.03. The molecule has 0 unspecified atom stereocenters. The molecule has 2 heterocycles. The van der Waals surface area contributed by atoms with Crippen molar-refractivity contribution in [2.75, 3.05) is 32.1 Å². The van der Waals surface area contributed by atoms with Gasteiger partial charge in [-0.2, -0.15) is 5.10 Å². The Kier molecular flexibility index (Phi) is 4.06. The number of likely N-dealkylation sites (N-methyl/N-ethyl adjacent to an activating group) is 1. The summed E-state index contributed by atoms with van der Waals surface area (Å²) in [6.45, 7) is 1.44. The van der Waals surface area contributed by atoms with Crippen LogP contribution in [0.2, 0.25) is 5.02 Å². The number of aromatic nitrogens is 2. The van der Waals surface area contributed by atoms with Gasteiger partial charge in [-0.3, -0.25) is 9.59 Å². The largest absolute Gasteiger partial charge is 0.468 e. The number of nitrogens with zero attached hydrogens (tertiary/aromatic N) is 3. The van der Waals surface area contributed by atoms with Crippen molar-refractivity contribution in [3.8, 4) is 0 Å². The molecule has 0 spiro atoms. The second kappa shape index (κ2) is 5.58. The van der Waals surface area contributed by atoms with Gasteiger partial charge < -0.3 is 15.0 Å². The van der Waals surface area contributed by atoms with E-state index in [0.717, 1.165) is 17.8 Å². The first-order valence-corrected chi connectivity index (χ1v) is 6.18. The smallest absolute Gasteiger partial charge is 0.327 e. The van der Waals surface area contributed by atoms with Crippen LogP contribution in [0, 0.1) is 0 Å². The molecule has 2 rings (SSSR count). The van der Waals surface area contributed by atoms with Gasteiger partial charge in [0.05, 0.1) is 25.0 Å². The summed E-state index contributed by atoms with van der Waals surface area (Å²) in [6, 6.07) is 0.301. The average molecular weight is 287 g/mol. The molecule has 0 amide bonds. The van der Waals surface area contributed by atoms with Crippen molar-refractivity contribution in [3.05, 3.63) is 21.6 Å². The highest BCUT2D eigenvalue weighted by molar-refractivity contribution is 6.33. The van der Waals surface area contributed by atoms with Crippen LogP contribution >= 0.6 is 11.6 Å². The number of esters is 1. The summed E-state index contributed by atoms with van der Waals surface area (Å²) in [5, 5.41) is 7.15. The minimum atomic E-state index is -0.546. The molecule has 1 aliphatic heterocycles. The van der Waals surface area contributed by atoms with Crippen LogP contribution in [0.25, 0.3) is 0 Å². The SMILES string of the molecule is COC(=O)Cn1ncc(N(C)C2CNC2)c(Cl)c1=O. The average Bonchev–Trinajstić information content (AvgIpc) is 2.32. The summed E-state index contributed by atoms with van der Waals surface area (Å²) in [5.41, 5.74) is 0.0722. The Balaban J connectivity index is 2.26. The van der Waals surface area contributed by atoms with Crippen molar-refractivity contribution in [2.45, 2.75) is 12.6 Å². The monoisotopic (exact) mass is 286 g/mol. The number of rotatable bonds is 4. The predicted molar refractivity (Wildman–Crippen MR) is 70.6 cm³/mol. The van der Waals surface area contributed by atoms with Crippen LogP contribution in [0.5, 0.6) is 0 Å². The summed E-state index contributed by atoms with van der Waals surface area (Å²) in [4.78, 5) is 25.0. The quantitative estimate of drug-likeness (QED) is 0.751. The van der Waals surface area contributed by atoms with Crippen LogP contribution in [0.3, 0.4) is 0 Å². The summed E-state index contributed by atoms with van der Waals surface area (Å²) in [5.74, 6) is -0.546. The van der Waals surface area contributed by atoms with Crippen molar-refractivity contribution in [3.63, 3.8) is 0 Å². The Morgan fingerprint density at radius 1 is 1.68 bits per heavy atom. The van der Waals surface area contributed by atoms with Crippen molar-refractivity contribution in [1.29, 1.82) is 0 Å². The zero-order valence-corrected chi connectivity index (χ0v) is 11.5. The number of methoxy groups -OCH3 is 1. The van der Waals surface area contributed by atoms with E-state index in [9.17, 15) is 9.59 Å². The highest BCUT2D eigenvalue weighted by Crippen LogP contribution is 2.22. The van der Waals surface area contributed by atoms with Gasteiger partial charge in [-0.05, 0) is 0 Å². The van der Waals surface area contributed by atoms with E-state index in [2.05, 4.69) is 15.2 Å². The van der Waals surface area contributed by atoms with E-state index in [-0.39, 0.29) is 11.6 Å². The second-order valence-corrected chi connectivity index (χ2v) is 4.68. The van der Waals surface area contributed by atoms with Crippen LogP contribution in [-0.4, -0.2) is 49.0 Å². The van der Waals surface area contributed by atoms with Gasteiger partial charge >= 0.3 is 5.97 Å². The molecule has 0 saturated carbocycles. The lowest BCUT2D eigenvalue weighted by Gasteiger charge is -2.37. The number of halogens is 1. The Bertz CT molecular complexity index is 541.